The van der Waals surface area contributed by atoms with Crippen molar-refractivity contribution in [1.82, 2.24) is 9.97 Å². The maximum Gasteiger partial charge on any atom is 0.323 e. The van der Waals surface area contributed by atoms with Gasteiger partial charge in [0.2, 0.25) is 0 Å². The topological polar surface area (TPSA) is 80.9 Å². The molecule has 1 fully saturated rings. The van der Waals surface area contributed by atoms with Gasteiger partial charge in [0.1, 0.15) is 0 Å². The van der Waals surface area contributed by atoms with E-state index in [4.69, 9.17) is 0 Å². The molecule has 0 aliphatic heterocycles. The number of anilines is 1. The summed E-state index contributed by atoms with van der Waals surface area (Å²) in [5, 5.41) is 12.7. The SMILES string of the molecule is O=c1[nH]c2ccc(NCC3(CO)CCC3)cc2[nH]1. The molecule has 1 aromatic heterocycles. The van der Waals surface area contributed by atoms with Gasteiger partial charge in [-0.05, 0) is 31.0 Å². The van der Waals surface area contributed by atoms with Gasteiger partial charge in [-0.15, -0.1) is 0 Å². The van der Waals surface area contributed by atoms with Crippen LogP contribution < -0.4 is 11.0 Å². The van der Waals surface area contributed by atoms with Crippen LogP contribution in [0.15, 0.2) is 23.0 Å². The van der Waals surface area contributed by atoms with E-state index in [1.807, 2.05) is 18.2 Å². The number of aliphatic hydroxyl groups is 1. The van der Waals surface area contributed by atoms with Crippen LogP contribution in [-0.2, 0) is 0 Å². The van der Waals surface area contributed by atoms with Gasteiger partial charge in [-0.2, -0.15) is 0 Å². The van der Waals surface area contributed by atoms with Crippen LogP contribution in [0.4, 0.5) is 5.69 Å². The highest BCUT2D eigenvalue weighted by molar-refractivity contribution is 5.78. The summed E-state index contributed by atoms with van der Waals surface area (Å²) in [4.78, 5) is 16.6. The minimum Gasteiger partial charge on any atom is -0.396 e. The zero-order valence-electron chi connectivity index (χ0n) is 10.1. The quantitative estimate of drug-likeness (QED) is 0.659. The van der Waals surface area contributed by atoms with Crippen molar-refractivity contribution in [3.63, 3.8) is 0 Å². The smallest absolute Gasteiger partial charge is 0.323 e. The molecule has 18 heavy (non-hydrogen) atoms. The zero-order valence-corrected chi connectivity index (χ0v) is 10.1. The van der Waals surface area contributed by atoms with E-state index in [0.717, 1.165) is 36.1 Å². The Hall–Kier alpha value is -1.75. The first-order chi connectivity index (χ1) is 8.71. The Bertz CT molecular complexity index is 604. The molecule has 0 radical (unpaired) electrons. The van der Waals surface area contributed by atoms with E-state index in [9.17, 15) is 9.90 Å². The fraction of sp³-hybridized carbons (Fsp3) is 0.462. The van der Waals surface area contributed by atoms with Gasteiger partial charge in [0.05, 0.1) is 17.6 Å². The molecule has 0 atom stereocenters. The van der Waals surface area contributed by atoms with Crippen molar-refractivity contribution in [3.05, 3.63) is 28.7 Å². The largest absolute Gasteiger partial charge is 0.396 e. The number of nitrogens with one attached hydrogen (secondary N) is 3. The number of hydrogen-bond donors (Lipinski definition) is 4. The van der Waals surface area contributed by atoms with Crippen molar-refractivity contribution in [2.75, 3.05) is 18.5 Å². The number of hydrogen-bond acceptors (Lipinski definition) is 3. The summed E-state index contributed by atoms with van der Waals surface area (Å²) in [6.45, 7) is 1.02. The van der Waals surface area contributed by atoms with Gasteiger partial charge in [0, 0.05) is 17.6 Å². The molecule has 1 aliphatic rings. The fourth-order valence-corrected chi connectivity index (χ4v) is 2.50. The van der Waals surface area contributed by atoms with Gasteiger partial charge in [-0.3, -0.25) is 0 Å². The highest BCUT2D eigenvalue weighted by Crippen LogP contribution is 2.40. The molecule has 5 heteroatoms. The van der Waals surface area contributed by atoms with Crippen molar-refractivity contribution in [1.29, 1.82) is 0 Å². The van der Waals surface area contributed by atoms with Crippen LogP contribution in [0, 0.1) is 5.41 Å². The first-order valence-corrected chi connectivity index (χ1v) is 6.28. The summed E-state index contributed by atoms with van der Waals surface area (Å²) < 4.78 is 0. The fourth-order valence-electron chi connectivity index (χ4n) is 2.50. The Morgan fingerprint density at radius 3 is 2.72 bits per heavy atom. The summed E-state index contributed by atoms with van der Waals surface area (Å²) >= 11 is 0. The molecule has 0 spiro atoms. The predicted octanol–water partition coefficient (Wildman–Crippen LogP) is 1.43. The normalized spacial score (nSPS) is 17.6. The van der Waals surface area contributed by atoms with Gasteiger partial charge in [-0.1, -0.05) is 6.42 Å². The molecule has 0 bridgehead atoms. The van der Waals surface area contributed by atoms with Crippen LogP contribution in [0.5, 0.6) is 0 Å². The van der Waals surface area contributed by atoms with E-state index in [1.165, 1.54) is 6.42 Å². The average Bonchev–Trinajstić information content (AvgIpc) is 2.67. The molecular formula is C13H17N3O2. The Balaban J connectivity index is 1.76. The maximum atomic E-state index is 11.2. The highest BCUT2D eigenvalue weighted by atomic mass is 16.3. The Morgan fingerprint density at radius 2 is 2.06 bits per heavy atom. The van der Waals surface area contributed by atoms with E-state index in [1.54, 1.807) is 0 Å². The van der Waals surface area contributed by atoms with Crippen molar-refractivity contribution >= 4 is 16.7 Å². The van der Waals surface area contributed by atoms with Gasteiger partial charge in [-0.25, -0.2) is 4.79 Å². The molecule has 1 heterocycles. The zero-order chi connectivity index (χ0) is 12.6. The van der Waals surface area contributed by atoms with Crippen LogP contribution in [0.2, 0.25) is 0 Å². The molecule has 1 saturated carbocycles. The van der Waals surface area contributed by atoms with E-state index in [2.05, 4.69) is 15.3 Å². The first-order valence-electron chi connectivity index (χ1n) is 6.28. The van der Waals surface area contributed by atoms with Crippen LogP contribution >= 0.6 is 0 Å². The van der Waals surface area contributed by atoms with Crippen molar-refractivity contribution in [3.8, 4) is 0 Å². The number of aromatic nitrogens is 2. The van der Waals surface area contributed by atoms with E-state index in [0.29, 0.717) is 0 Å². The van der Waals surface area contributed by atoms with Crippen LogP contribution in [0.1, 0.15) is 19.3 Å². The Morgan fingerprint density at radius 1 is 1.28 bits per heavy atom. The summed E-state index contributed by atoms with van der Waals surface area (Å²) in [7, 11) is 0. The lowest BCUT2D eigenvalue weighted by Crippen LogP contribution is -2.39. The van der Waals surface area contributed by atoms with Crippen LogP contribution in [0.25, 0.3) is 11.0 Å². The maximum absolute atomic E-state index is 11.2. The average molecular weight is 247 g/mol. The van der Waals surface area contributed by atoms with Gasteiger partial charge in [0.15, 0.2) is 0 Å². The second kappa shape index (κ2) is 4.17. The summed E-state index contributed by atoms with van der Waals surface area (Å²) in [6.07, 6.45) is 3.37. The molecule has 5 nitrogen and oxygen atoms in total. The minimum absolute atomic E-state index is 0.0561. The molecule has 0 unspecified atom stereocenters. The minimum atomic E-state index is -0.187. The highest BCUT2D eigenvalue weighted by Gasteiger charge is 2.35. The molecule has 3 rings (SSSR count). The Labute approximate surface area is 104 Å². The second-order valence-electron chi connectivity index (χ2n) is 5.20. The number of rotatable bonds is 4. The first kappa shape index (κ1) is 11.3. The third kappa shape index (κ3) is 1.90. The molecular weight excluding hydrogens is 230 g/mol. The van der Waals surface area contributed by atoms with Gasteiger partial charge < -0.3 is 20.4 Å². The predicted molar refractivity (Wildman–Crippen MR) is 70.8 cm³/mol. The third-order valence-corrected chi connectivity index (χ3v) is 3.93. The lowest BCUT2D eigenvalue weighted by Gasteiger charge is -2.40. The molecule has 0 saturated heterocycles. The van der Waals surface area contributed by atoms with Crippen molar-refractivity contribution in [2.45, 2.75) is 19.3 Å². The lowest BCUT2D eigenvalue weighted by atomic mass is 9.69. The van der Waals surface area contributed by atoms with Gasteiger partial charge >= 0.3 is 5.69 Å². The number of H-pyrrole nitrogens is 2. The summed E-state index contributed by atoms with van der Waals surface area (Å²) in [6, 6.07) is 5.73. The molecule has 2 aromatic rings. The van der Waals surface area contributed by atoms with Crippen molar-refractivity contribution < 1.29 is 5.11 Å². The van der Waals surface area contributed by atoms with Gasteiger partial charge in [0.25, 0.3) is 0 Å². The Kier molecular flexibility index (Phi) is 2.63. The van der Waals surface area contributed by atoms with Crippen molar-refractivity contribution in [2.24, 2.45) is 5.41 Å². The molecule has 1 aliphatic carbocycles. The number of aromatic amines is 2. The third-order valence-electron chi connectivity index (χ3n) is 3.93. The van der Waals surface area contributed by atoms with Crippen LogP contribution in [0.3, 0.4) is 0 Å². The molecule has 0 amide bonds. The standard InChI is InChI=1S/C13H17N3O2/c17-8-13(4-1-5-13)7-14-9-2-3-10-11(6-9)16-12(18)15-10/h2-3,6,14,17H,1,4-5,7-8H2,(H2,15,16,18). The van der Waals surface area contributed by atoms with Crippen LogP contribution in [-0.4, -0.2) is 28.2 Å². The molecule has 1 aromatic carbocycles. The monoisotopic (exact) mass is 247 g/mol. The molecule has 96 valence electrons. The number of benzene rings is 1. The second-order valence-corrected chi connectivity index (χ2v) is 5.20. The lowest BCUT2D eigenvalue weighted by molar-refractivity contribution is 0.0576. The summed E-state index contributed by atoms with van der Waals surface area (Å²) in [5.41, 5.74) is 2.45. The number of aliphatic hydroxyl groups excluding tert-OH is 1. The van der Waals surface area contributed by atoms with E-state index < -0.39 is 0 Å². The number of fused-ring (bicyclic) bond motifs is 1. The molecule has 4 N–H and O–H groups in total. The number of imidazole rings is 1. The summed E-state index contributed by atoms with van der Waals surface area (Å²) in [5.74, 6) is 0. The van der Waals surface area contributed by atoms with E-state index >= 15 is 0 Å². The van der Waals surface area contributed by atoms with E-state index in [-0.39, 0.29) is 17.7 Å².